The Morgan fingerprint density at radius 3 is 2.42 bits per heavy atom. The molecule has 33 heavy (non-hydrogen) atoms. The molecule has 4 N–H and O–H groups in total. The quantitative estimate of drug-likeness (QED) is 0.592. The van der Waals surface area contributed by atoms with Crippen LogP contribution in [0.15, 0.2) is 48.0 Å². The van der Waals surface area contributed by atoms with Crippen molar-refractivity contribution in [3.63, 3.8) is 0 Å². The summed E-state index contributed by atoms with van der Waals surface area (Å²) in [6.07, 6.45) is 5.80. The highest BCUT2D eigenvalue weighted by Gasteiger charge is 2.30. The number of allylic oxidation sites excluding steroid dienone is 2. The number of nitrogens with zero attached hydrogens (tertiary/aromatic N) is 1. The maximum Gasteiger partial charge on any atom is 0.258 e. The number of carbonyl (C=O) groups is 1. The van der Waals surface area contributed by atoms with Crippen LogP contribution in [0.5, 0.6) is 0 Å². The molecule has 3 aliphatic rings. The molecular formula is C28H34N4O. The van der Waals surface area contributed by atoms with E-state index >= 15 is 0 Å². The average molecular weight is 443 g/mol. The summed E-state index contributed by atoms with van der Waals surface area (Å²) in [4.78, 5) is 15.7. The van der Waals surface area contributed by atoms with Gasteiger partial charge in [0.15, 0.2) is 0 Å². The Labute approximate surface area is 196 Å². The van der Waals surface area contributed by atoms with Crippen molar-refractivity contribution >= 4 is 28.4 Å². The molecule has 0 spiro atoms. The van der Waals surface area contributed by atoms with Crippen LogP contribution in [0.4, 0.5) is 5.69 Å². The number of likely N-dealkylation sites (tertiary alicyclic amines) is 1. The molecule has 2 heterocycles. The molecule has 1 aliphatic carbocycles. The van der Waals surface area contributed by atoms with E-state index in [1.165, 1.54) is 30.4 Å². The van der Waals surface area contributed by atoms with Gasteiger partial charge in [0.1, 0.15) is 0 Å². The van der Waals surface area contributed by atoms with E-state index in [9.17, 15) is 4.79 Å². The summed E-state index contributed by atoms with van der Waals surface area (Å²) < 4.78 is 0. The summed E-state index contributed by atoms with van der Waals surface area (Å²) in [7, 11) is 2.17. The standard InChI is InChI=1S/C28H34N4O/c1-18(20-4-3-5-20)22-10-11-25-24(16-22)26(28(33)31-25)27(21-8-6-19(17-29)7-9-21)30-23-12-14-32(2)15-13-23/h6-11,16,23,30H,3-5,12-15,17,29H2,1-2H3,(H,31,33)/b27-26-. The number of carbonyl (C=O) groups excluding carboxylic acids is 1. The minimum atomic E-state index is -0.0329. The van der Waals surface area contributed by atoms with Crippen molar-refractivity contribution in [2.45, 2.75) is 51.6 Å². The second-order valence-corrected chi connectivity index (χ2v) is 9.67. The molecule has 0 atom stereocenters. The van der Waals surface area contributed by atoms with Gasteiger partial charge in [-0.3, -0.25) is 4.79 Å². The SMILES string of the molecule is CC(=C1CCC1)c1ccc2c(c1)/C(=C(/NC1CCN(C)CC1)c1ccc(CN)cc1)C(=O)N2. The fourth-order valence-corrected chi connectivity index (χ4v) is 5.05. The molecule has 5 rings (SSSR count). The molecule has 0 radical (unpaired) electrons. The Kier molecular flexibility index (Phi) is 6.09. The van der Waals surface area contributed by atoms with Gasteiger partial charge < -0.3 is 21.3 Å². The highest BCUT2D eigenvalue weighted by atomic mass is 16.2. The van der Waals surface area contributed by atoms with Crippen molar-refractivity contribution in [1.82, 2.24) is 10.2 Å². The van der Waals surface area contributed by atoms with Gasteiger partial charge in [-0.2, -0.15) is 0 Å². The van der Waals surface area contributed by atoms with Crippen molar-refractivity contribution in [2.75, 3.05) is 25.5 Å². The lowest BCUT2D eigenvalue weighted by atomic mass is 9.85. The van der Waals surface area contributed by atoms with Crippen LogP contribution in [-0.2, 0) is 11.3 Å². The van der Waals surface area contributed by atoms with Crippen LogP contribution >= 0.6 is 0 Å². The smallest absolute Gasteiger partial charge is 0.258 e. The number of hydrogen-bond donors (Lipinski definition) is 3. The number of benzene rings is 2. The topological polar surface area (TPSA) is 70.4 Å². The van der Waals surface area contributed by atoms with Gasteiger partial charge in [0, 0.05) is 23.8 Å². The molecule has 2 aromatic rings. The molecule has 2 aromatic carbocycles. The Bertz CT molecular complexity index is 1120. The first-order valence-corrected chi connectivity index (χ1v) is 12.2. The van der Waals surface area contributed by atoms with E-state index in [0.29, 0.717) is 12.6 Å². The number of nitrogens with one attached hydrogen (secondary N) is 2. The van der Waals surface area contributed by atoms with Gasteiger partial charge in [-0.25, -0.2) is 0 Å². The molecule has 2 aliphatic heterocycles. The minimum Gasteiger partial charge on any atom is -0.381 e. The molecule has 5 heteroatoms. The number of rotatable bonds is 5. The van der Waals surface area contributed by atoms with Gasteiger partial charge in [0.05, 0.1) is 11.3 Å². The largest absolute Gasteiger partial charge is 0.381 e. The maximum absolute atomic E-state index is 13.3. The predicted molar refractivity (Wildman–Crippen MR) is 136 cm³/mol. The summed E-state index contributed by atoms with van der Waals surface area (Å²) >= 11 is 0. The zero-order valence-electron chi connectivity index (χ0n) is 19.7. The summed E-state index contributed by atoms with van der Waals surface area (Å²) in [5.41, 5.74) is 15.6. The maximum atomic E-state index is 13.3. The number of fused-ring (bicyclic) bond motifs is 1. The normalized spacial score (nSPS) is 20.2. The fraction of sp³-hybridized carbons (Fsp3) is 0.393. The number of nitrogens with two attached hydrogens (primary N) is 1. The third-order valence-corrected chi connectivity index (χ3v) is 7.48. The number of hydrogen-bond acceptors (Lipinski definition) is 4. The molecule has 1 amide bonds. The van der Waals surface area contributed by atoms with Crippen molar-refractivity contribution < 1.29 is 4.79 Å². The second kappa shape index (κ2) is 9.16. The second-order valence-electron chi connectivity index (χ2n) is 9.67. The van der Waals surface area contributed by atoms with Crippen molar-refractivity contribution in [1.29, 1.82) is 0 Å². The highest BCUT2D eigenvalue weighted by molar-refractivity contribution is 6.36. The predicted octanol–water partition coefficient (Wildman–Crippen LogP) is 4.61. The molecule has 1 saturated heterocycles. The first-order chi connectivity index (χ1) is 16.0. The lowest BCUT2D eigenvalue weighted by molar-refractivity contribution is -0.110. The van der Waals surface area contributed by atoms with Crippen LogP contribution in [0, 0.1) is 0 Å². The monoisotopic (exact) mass is 442 g/mol. The molecule has 0 unspecified atom stereocenters. The highest BCUT2D eigenvalue weighted by Crippen LogP contribution is 2.40. The Morgan fingerprint density at radius 1 is 1.09 bits per heavy atom. The van der Waals surface area contributed by atoms with Crippen LogP contribution in [0.1, 0.15) is 61.3 Å². The van der Waals surface area contributed by atoms with Crippen LogP contribution in [0.3, 0.4) is 0 Å². The van der Waals surface area contributed by atoms with Gasteiger partial charge in [-0.05, 0) is 93.6 Å². The summed E-state index contributed by atoms with van der Waals surface area (Å²) in [5.74, 6) is -0.0329. The van der Waals surface area contributed by atoms with Crippen LogP contribution < -0.4 is 16.4 Å². The van der Waals surface area contributed by atoms with E-state index in [4.69, 9.17) is 5.73 Å². The summed E-state index contributed by atoms with van der Waals surface area (Å²) in [6, 6.07) is 15.0. The average Bonchev–Trinajstić information content (AvgIpc) is 3.12. The van der Waals surface area contributed by atoms with Gasteiger partial charge in [0.2, 0.25) is 0 Å². The Morgan fingerprint density at radius 2 is 1.79 bits per heavy atom. The minimum absolute atomic E-state index is 0.0329. The molecule has 5 nitrogen and oxygen atoms in total. The lowest BCUT2D eigenvalue weighted by Crippen LogP contribution is -2.40. The van der Waals surface area contributed by atoms with Crippen molar-refractivity contribution in [3.05, 3.63) is 70.3 Å². The molecular weight excluding hydrogens is 408 g/mol. The van der Waals surface area contributed by atoms with E-state index in [-0.39, 0.29) is 5.91 Å². The number of anilines is 1. The molecule has 1 saturated carbocycles. The lowest BCUT2D eigenvalue weighted by Gasteiger charge is -2.31. The van der Waals surface area contributed by atoms with E-state index in [1.54, 1.807) is 5.57 Å². The fourth-order valence-electron chi connectivity index (χ4n) is 5.05. The van der Waals surface area contributed by atoms with Gasteiger partial charge in [0.25, 0.3) is 5.91 Å². The van der Waals surface area contributed by atoms with Crippen LogP contribution in [0.25, 0.3) is 16.8 Å². The van der Waals surface area contributed by atoms with Crippen LogP contribution in [0.2, 0.25) is 0 Å². The van der Waals surface area contributed by atoms with E-state index in [0.717, 1.165) is 59.6 Å². The van der Waals surface area contributed by atoms with E-state index in [1.807, 2.05) is 0 Å². The molecule has 0 bridgehead atoms. The Hall–Kier alpha value is -2.89. The molecule has 2 fully saturated rings. The van der Waals surface area contributed by atoms with Crippen molar-refractivity contribution in [3.8, 4) is 0 Å². The van der Waals surface area contributed by atoms with Gasteiger partial charge >= 0.3 is 0 Å². The van der Waals surface area contributed by atoms with Crippen LogP contribution in [-0.4, -0.2) is 37.0 Å². The Balaban J connectivity index is 1.60. The third-order valence-electron chi connectivity index (χ3n) is 7.48. The number of piperidine rings is 1. The van der Waals surface area contributed by atoms with E-state index < -0.39 is 0 Å². The third kappa shape index (κ3) is 4.35. The summed E-state index contributed by atoms with van der Waals surface area (Å²) in [6.45, 7) is 4.85. The van der Waals surface area contributed by atoms with Crippen molar-refractivity contribution in [2.24, 2.45) is 5.73 Å². The summed E-state index contributed by atoms with van der Waals surface area (Å²) in [5, 5.41) is 6.89. The van der Waals surface area contributed by atoms with E-state index in [2.05, 4.69) is 72.0 Å². The molecule has 172 valence electrons. The zero-order valence-corrected chi connectivity index (χ0v) is 19.7. The first kappa shape index (κ1) is 21.9. The number of amides is 1. The van der Waals surface area contributed by atoms with Gasteiger partial charge in [-0.1, -0.05) is 35.9 Å². The first-order valence-electron chi connectivity index (χ1n) is 12.2. The molecule has 0 aromatic heterocycles. The van der Waals surface area contributed by atoms with Gasteiger partial charge in [-0.15, -0.1) is 0 Å². The zero-order chi connectivity index (χ0) is 22.9.